The summed E-state index contributed by atoms with van der Waals surface area (Å²) in [7, 11) is 1.74. The summed E-state index contributed by atoms with van der Waals surface area (Å²) in [6, 6.07) is 4.44. The van der Waals surface area contributed by atoms with Crippen molar-refractivity contribution in [3.63, 3.8) is 0 Å². The summed E-state index contributed by atoms with van der Waals surface area (Å²) >= 11 is 0. The minimum absolute atomic E-state index is 0.211. The molecule has 142 valence electrons. The second-order valence-corrected chi connectivity index (χ2v) is 6.44. The van der Waals surface area contributed by atoms with Crippen LogP contribution in [-0.2, 0) is 0 Å². The molecule has 1 amide bonds. The molecule has 0 aliphatic carbocycles. The van der Waals surface area contributed by atoms with Crippen LogP contribution < -0.4 is 16.0 Å². The zero-order valence-electron chi connectivity index (χ0n) is 16.1. The van der Waals surface area contributed by atoms with Crippen molar-refractivity contribution in [1.29, 1.82) is 0 Å². The van der Waals surface area contributed by atoms with Crippen molar-refractivity contribution in [2.45, 2.75) is 46.2 Å². The number of furan rings is 1. The van der Waals surface area contributed by atoms with Gasteiger partial charge in [-0.3, -0.25) is 14.7 Å². The van der Waals surface area contributed by atoms with Crippen molar-refractivity contribution >= 4 is 11.9 Å². The molecule has 1 aromatic rings. The third kappa shape index (κ3) is 8.07. The molecule has 0 bridgehead atoms. The molecule has 25 heavy (non-hydrogen) atoms. The van der Waals surface area contributed by atoms with Crippen LogP contribution in [0, 0.1) is 0 Å². The van der Waals surface area contributed by atoms with Gasteiger partial charge < -0.3 is 20.4 Å². The third-order valence-electron chi connectivity index (χ3n) is 3.88. The molecule has 1 heterocycles. The molecular weight excluding hydrogens is 318 g/mol. The lowest BCUT2D eigenvalue weighted by molar-refractivity contribution is 0.0926. The Hall–Kier alpha value is -2.02. The van der Waals surface area contributed by atoms with E-state index in [2.05, 4.69) is 53.5 Å². The normalized spacial score (nSPS) is 12.1. The van der Waals surface area contributed by atoms with Crippen LogP contribution in [0.25, 0.3) is 0 Å². The van der Waals surface area contributed by atoms with Crippen LogP contribution in [0.2, 0.25) is 0 Å². The zero-order chi connectivity index (χ0) is 18.7. The van der Waals surface area contributed by atoms with Crippen molar-refractivity contribution in [3.8, 4) is 0 Å². The Morgan fingerprint density at radius 3 is 2.32 bits per heavy atom. The number of nitrogens with zero attached hydrogens (tertiary/aromatic N) is 2. The summed E-state index contributed by atoms with van der Waals surface area (Å²) in [4.78, 5) is 18.4. The third-order valence-corrected chi connectivity index (χ3v) is 3.88. The van der Waals surface area contributed by atoms with E-state index < -0.39 is 0 Å². The van der Waals surface area contributed by atoms with E-state index in [1.807, 2.05) is 0 Å². The fourth-order valence-corrected chi connectivity index (χ4v) is 2.65. The van der Waals surface area contributed by atoms with Crippen molar-refractivity contribution < 1.29 is 9.21 Å². The fourth-order valence-electron chi connectivity index (χ4n) is 2.65. The quantitative estimate of drug-likeness (QED) is 0.339. The predicted octanol–water partition coefficient (Wildman–Crippen LogP) is 1.68. The van der Waals surface area contributed by atoms with Gasteiger partial charge >= 0.3 is 0 Å². The average Bonchev–Trinajstić information content (AvgIpc) is 3.10. The van der Waals surface area contributed by atoms with Crippen LogP contribution in [0.5, 0.6) is 0 Å². The van der Waals surface area contributed by atoms with Crippen LogP contribution in [0.3, 0.4) is 0 Å². The summed E-state index contributed by atoms with van der Waals surface area (Å²) in [5.41, 5.74) is 0. The Bertz CT molecular complexity index is 504. The molecule has 0 radical (unpaired) electrons. The molecule has 0 atom stereocenters. The minimum atomic E-state index is -0.211. The van der Waals surface area contributed by atoms with E-state index in [-0.39, 0.29) is 5.91 Å². The Labute approximate surface area is 151 Å². The number of aliphatic imine (C=N–C) groups is 1. The zero-order valence-corrected chi connectivity index (χ0v) is 16.1. The Kier molecular flexibility index (Phi) is 9.69. The highest BCUT2D eigenvalue weighted by atomic mass is 16.3. The van der Waals surface area contributed by atoms with Gasteiger partial charge in [0.05, 0.1) is 6.26 Å². The lowest BCUT2D eigenvalue weighted by atomic mass is 10.2. The first-order valence-corrected chi connectivity index (χ1v) is 8.97. The molecule has 0 aliphatic rings. The fraction of sp³-hybridized carbons (Fsp3) is 0.667. The van der Waals surface area contributed by atoms with Gasteiger partial charge in [0.15, 0.2) is 11.7 Å². The monoisotopic (exact) mass is 351 g/mol. The molecule has 3 N–H and O–H groups in total. The summed E-state index contributed by atoms with van der Waals surface area (Å²) < 4.78 is 5.04. The highest BCUT2D eigenvalue weighted by molar-refractivity contribution is 5.91. The van der Waals surface area contributed by atoms with Gasteiger partial charge in [0.1, 0.15) is 0 Å². The van der Waals surface area contributed by atoms with Gasteiger partial charge in [0, 0.05) is 45.3 Å². The van der Waals surface area contributed by atoms with Gasteiger partial charge in [-0.05, 0) is 46.2 Å². The Morgan fingerprint density at radius 2 is 1.76 bits per heavy atom. The van der Waals surface area contributed by atoms with E-state index in [1.54, 1.807) is 19.2 Å². The van der Waals surface area contributed by atoms with Crippen LogP contribution in [0.15, 0.2) is 27.8 Å². The van der Waals surface area contributed by atoms with Crippen molar-refractivity contribution in [2.24, 2.45) is 4.99 Å². The molecule has 0 spiro atoms. The molecular formula is C18H33N5O2. The average molecular weight is 351 g/mol. The summed E-state index contributed by atoms with van der Waals surface area (Å²) in [5.74, 6) is 0.854. The summed E-state index contributed by atoms with van der Waals surface area (Å²) in [5, 5.41) is 9.27. The van der Waals surface area contributed by atoms with Crippen LogP contribution in [0.1, 0.15) is 44.7 Å². The van der Waals surface area contributed by atoms with Crippen molar-refractivity contribution in [1.82, 2.24) is 20.9 Å². The Morgan fingerprint density at radius 1 is 1.12 bits per heavy atom. The van der Waals surface area contributed by atoms with E-state index in [9.17, 15) is 4.79 Å². The van der Waals surface area contributed by atoms with Gasteiger partial charge in [-0.1, -0.05) is 0 Å². The highest BCUT2D eigenvalue weighted by Crippen LogP contribution is 2.05. The van der Waals surface area contributed by atoms with E-state index in [0.717, 1.165) is 25.5 Å². The summed E-state index contributed by atoms with van der Waals surface area (Å²) in [6.07, 6.45) is 2.53. The molecule has 0 saturated carbocycles. The maximum atomic E-state index is 11.7. The Balaban J connectivity index is 2.17. The second-order valence-electron chi connectivity index (χ2n) is 6.44. The molecule has 7 heteroatoms. The number of hydrogen-bond donors (Lipinski definition) is 3. The van der Waals surface area contributed by atoms with Gasteiger partial charge in [-0.25, -0.2) is 0 Å². The number of nitrogens with one attached hydrogen (secondary N) is 3. The molecule has 1 aromatic heterocycles. The largest absolute Gasteiger partial charge is 0.459 e. The maximum absolute atomic E-state index is 11.7. The highest BCUT2D eigenvalue weighted by Gasteiger charge is 2.12. The molecule has 1 rings (SSSR count). The number of hydrogen-bond acceptors (Lipinski definition) is 4. The van der Waals surface area contributed by atoms with Gasteiger partial charge in [0.2, 0.25) is 0 Å². The van der Waals surface area contributed by atoms with E-state index >= 15 is 0 Å². The standard InChI is InChI=1S/C18H33N5O2/c1-14(2)23(15(3)4)12-7-9-21-18(19-5)22-11-10-20-17(24)16-8-6-13-25-16/h6,8,13-15H,7,9-12H2,1-5H3,(H,20,24)(H2,19,21,22). The van der Waals surface area contributed by atoms with Gasteiger partial charge in [-0.15, -0.1) is 0 Å². The molecule has 0 aromatic carbocycles. The maximum Gasteiger partial charge on any atom is 0.287 e. The van der Waals surface area contributed by atoms with Crippen molar-refractivity contribution in [2.75, 3.05) is 33.2 Å². The van der Waals surface area contributed by atoms with Crippen LogP contribution in [0.4, 0.5) is 0 Å². The number of guanidine groups is 1. The van der Waals surface area contributed by atoms with E-state index in [4.69, 9.17) is 4.42 Å². The molecule has 0 aliphatic heterocycles. The second kappa shape index (κ2) is 11.5. The lowest BCUT2D eigenvalue weighted by Gasteiger charge is -2.30. The first-order valence-electron chi connectivity index (χ1n) is 8.97. The van der Waals surface area contributed by atoms with Crippen molar-refractivity contribution in [3.05, 3.63) is 24.2 Å². The number of rotatable bonds is 10. The number of amides is 1. The minimum Gasteiger partial charge on any atom is -0.459 e. The van der Waals surface area contributed by atoms with Crippen LogP contribution in [-0.4, -0.2) is 62.1 Å². The summed E-state index contributed by atoms with van der Waals surface area (Å²) in [6.45, 7) is 11.9. The molecule has 7 nitrogen and oxygen atoms in total. The first kappa shape index (κ1) is 21.0. The SMILES string of the molecule is CN=C(NCCCN(C(C)C)C(C)C)NCCNC(=O)c1ccco1. The van der Waals surface area contributed by atoms with E-state index in [1.165, 1.54) is 6.26 Å². The van der Waals surface area contributed by atoms with E-state index in [0.29, 0.717) is 30.9 Å². The predicted molar refractivity (Wildman–Crippen MR) is 102 cm³/mol. The molecule has 0 fully saturated rings. The van der Waals surface area contributed by atoms with Crippen LogP contribution >= 0.6 is 0 Å². The number of carbonyl (C=O) groups is 1. The molecule has 0 saturated heterocycles. The van der Waals surface area contributed by atoms with Gasteiger partial charge in [-0.2, -0.15) is 0 Å². The first-order chi connectivity index (χ1) is 12.0. The lowest BCUT2D eigenvalue weighted by Crippen LogP contribution is -2.43. The topological polar surface area (TPSA) is 81.9 Å². The molecule has 0 unspecified atom stereocenters. The smallest absolute Gasteiger partial charge is 0.287 e. The van der Waals surface area contributed by atoms with Gasteiger partial charge in [0.25, 0.3) is 5.91 Å². The number of carbonyl (C=O) groups excluding carboxylic acids is 1.